The zero-order valence-electron chi connectivity index (χ0n) is 20.0. The quantitative estimate of drug-likeness (QED) is 0.107. The lowest BCUT2D eigenvalue weighted by Gasteiger charge is -2.28. The van der Waals surface area contributed by atoms with Crippen LogP contribution in [0.3, 0.4) is 0 Å². The Kier molecular flexibility index (Phi) is 14.7. The van der Waals surface area contributed by atoms with Crippen LogP contribution in [0.15, 0.2) is 0 Å². The molecule has 34 heavy (non-hydrogen) atoms. The topological polar surface area (TPSA) is 234 Å². The van der Waals surface area contributed by atoms with E-state index >= 15 is 0 Å². The number of carbonyl (C=O) groups excluding carboxylic acids is 3. The summed E-state index contributed by atoms with van der Waals surface area (Å²) < 4.78 is 0. The number of aliphatic hydroxyl groups excluding tert-OH is 1. The van der Waals surface area contributed by atoms with Crippen molar-refractivity contribution in [3.05, 3.63) is 0 Å². The molecule has 0 rings (SSSR count). The first kappa shape index (κ1) is 31.2. The van der Waals surface area contributed by atoms with Crippen LogP contribution in [0.5, 0.6) is 0 Å². The van der Waals surface area contributed by atoms with Crippen LogP contribution in [0.1, 0.15) is 59.3 Å². The second-order valence-electron chi connectivity index (χ2n) is 8.32. The number of aliphatic carboxylic acids is 2. The molecule has 3 amide bonds. The Balaban J connectivity index is 5.53. The summed E-state index contributed by atoms with van der Waals surface area (Å²) in [4.78, 5) is 60.2. The highest BCUT2D eigenvalue weighted by molar-refractivity contribution is 5.94. The van der Waals surface area contributed by atoms with Crippen molar-refractivity contribution in [1.29, 1.82) is 0 Å². The van der Waals surface area contributed by atoms with Crippen LogP contribution in [0.25, 0.3) is 0 Å². The number of nitrogens with one attached hydrogen (secondary N) is 3. The highest BCUT2D eigenvalue weighted by Crippen LogP contribution is 2.11. The van der Waals surface area contributed by atoms with Gasteiger partial charge in [0, 0.05) is 6.42 Å². The van der Waals surface area contributed by atoms with Crippen LogP contribution in [0.4, 0.5) is 0 Å². The molecule has 0 aliphatic rings. The fraction of sp³-hybridized carbons (Fsp3) is 0.762. The minimum atomic E-state index is -1.57. The summed E-state index contributed by atoms with van der Waals surface area (Å²) >= 11 is 0. The first-order chi connectivity index (χ1) is 15.8. The third-order valence-corrected chi connectivity index (χ3v) is 5.43. The highest BCUT2D eigenvalue weighted by atomic mass is 16.4. The van der Waals surface area contributed by atoms with Crippen molar-refractivity contribution in [3.63, 3.8) is 0 Å². The normalized spacial score (nSPS) is 16.3. The number of unbranched alkanes of at least 4 members (excludes halogenated alkanes) is 1. The molecule has 0 aliphatic heterocycles. The van der Waals surface area contributed by atoms with E-state index in [1.807, 2.05) is 0 Å². The summed E-state index contributed by atoms with van der Waals surface area (Å²) in [5.74, 6) is -5.12. The van der Waals surface area contributed by atoms with Gasteiger partial charge in [-0.05, 0) is 45.1 Å². The van der Waals surface area contributed by atoms with Gasteiger partial charge in [0.05, 0.1) is 12.1 Å². The van der Waals surface area contributed by atoms with Crippen LogP contribution in [-0.4, -0.2) is 81.8 Å². The Morgan fingerprint density at radius 2 is 1.44 bits per heavy atom. The van der Waals surface area contributed by atoms with E-state index in [4.69, 9.17) is 16.6 Å². The minimum absolute atomic E-state index is 0.119. The maximum Gasteiger partial charge on any atom is 0.328 e. The maximum atomic E-state index is 13.0. The molecule has 0 saturated carbocycles. The van der Waals surface area contributed by atoms with Crippen molar-refractivity contribution >= 4 is 29.7 Å². The van der Waals surface area contributed by atoms with Crippen LogP contribution in [0, 0.1) is 5.92 Å². The smallest absolute Gasteiger partial charge is 0.328 e. The Morgan fingerprint density at radius 1 is 0.853 bits per heavy atom. The molecule has 6 unspecified atom stereocenters. The van der Waals surface area contributed by atoms with Crippen molar-refractivity contribution in [1.82, 2.24) is 16.0 Å². The first-order valence-corrected chi connectivity index (χ1v) is 11.3. The number of hydrogen-bond acceptors (Lipinski definition) is 8. The Hall–Kier alpha value is -2.77. The molecule has 6 atom stereocenters. The lowest BCUT2D eigenvalue weighted by molar-refractivity contribution is -0.145. The third-order valence-electron chi connectivity index (χ3n) is 5.43. The van der Waals surface area contributed by atoms with Gasteiger partial charge in [-0.1, -0.05) is 20.3 Å². The highest BCUT2D eigenvalue weighted by Gasteiger charge is 2.33. The summed E-state index contributed by atoms with van der Waals surface area (Å²) in [7, 11) is 0. The Labute approximate surface area is 199 Å². The molecule has 0 heterocycles. The SMILES string of the molecule is CCC(C)C(NC(=O)C(CCCCN)NC(=O)C(N)CCC(=O)O)C(=O)NC(C(=O)O)C(C)O. The molecule has 13 nitrogen and oxygen atoms in total. The fourth-order valence-corrected chi connectivity index (χ4v) is 3.04. The number of carboxylic acids is 2. The summed E-state index contributed by atoms with van der Waals surface area (Å²) in [6, 6.07) is -4.91. The van der Waals surface area contributed by atoms with Crippen molar-refractivity contribution in [2.45, 2.75) is 89.6 Å². The monoisotopic (exact) mass is 489 g/mol. The standard InChI is InChI=1S/C21H39N5O8/c1-4-11(2)16(20(32)26-17(12(3)27)21(33)34)25-19(31)14(7-5-6-10-22)24-18(30)13(23)8-9-15(28)29/h11-14,16-17,27H,4-10,22-23H2,1-3H3,(H,24,30)(H,25,31)(H,26,32)(H,28,29)(H,33,34). The van der Waals surface area contributed by atoms with Gasteiger partial charge in [-0.3, -0.25) is 19.2 Å². The minimum Gasteiger partial charge on any atom is -0.481 e. The lowest BCUT2D eigenvalue weighted by atomic mass is 9.96. The van der Waals surface area contributed by atoms with Crippen LogP contribution >= 0.6 is 0 Å². The molecule has 0 aromatic rings. The van der Waals surface area contributed by atoms with Crippen molar-refractivity contribution in [3.8, 4) is 0 Å². The number of rotatable bonds is 17. The molecule has 0 bridgehead atoms. The van der Waals surface area contributed by atoms with Crippen LogP contribution in [0.2, 0.25) is 0 Å². The van der Waals surface area contributed by atoms with Gasteiger partial charge in [-0.25, -0.2) is 4.79 Å². The summed E-state index contributed by atoms with van der Waals surface area (Å²) in [6.45, 7) is 5.05. The number of aliphatic hydroxyl groups is 1. The number of amides is 3. The second kappa shape index (κ2) is 16.0. The van der Waals surface area contributed by atoms with E-state index in [1.165, 1.54) is 6.92 Å². The largest absolute Gasteiger partial charge is 0.481 e. The molecule has 196 valence electrons. The van der Waals surface area contributed by atoms with E-state index in [1.54, 1.807) is 13.8 Å². The molecule has 0 aliphatic carbocycles. The maximum absolute atomic E-state index is 13.0. The zero-order valence-corrected chi connectivity index (χ0v) is 20.0. The van der Waals surface area contributed by atoms with Gasteiger partial charge in [0.2, 0.25) is 17.7 Å². The molecule has 0 radical (unpaired) electrons. The fourth-order valence-electron chi connectivity index (χ4n) is 3.04. The van der Waals surface area contributed by atoms with Crippen molar-refractivity contribution in [2.24, 2.45) is 17.4 Å². The van der Waals surface area contributed by atoms with E-state index in [2.05, 4.69) is 16.0 Å². The molecule has 0 fully saturated rings. The van der Waals surface area contributed by atoms with Gasteiger partial charge in [0.15, 0.2) is 6.04 Å². The Bertz CT molecular complexity index is 703. The van der Waals surface area contributed by atoms with E-state index < -0.39 is 65.8 Å². The number of carboxylic acid groups (broad SMARTS) is 2. The lowest BCUT2D eigenvalue weighted by Crippen LogP contribution is -2.59. The van der Waals surface area contributed by atoms with Gasteiger partial charge in [0.25, 0.3) is 0 Å². The predicted molar refractivity (Wildman–Crippen MR) is 122 cm³/mol. The van der Waals surface area contributed by atoms with Gasteiger partial charge in [-0.2, -0.15) is 0 Å². The van der Waals surface area contributed by atoms with Crippen molar-refractivity contribution < 1.29 is 39.3 Å². The number of nitrogens with two attached hydrogens (primary N) is 2. The van der Waals surface area contributed by atoms with Gasteiger partial charge in [0.1, 0.15) is 12.1 Å². The zero-order chi connectivity index (χ0) is 26.4. The molecule has 10 N–H and O–H groups in total. The van der Waals surface area contributed by atoms with E-state index in [9.17, 15) is 34.2 Å². The molecular weight excluding hydrogens is 450 g/mol. The molecule has 0 aromatic heterocycles. The van der Waals surface area contributed by atoms with Crippen molar-refractivity contribution in [2.75, 3.05) is 6.54 Å². The first-order valence-electron chi connectivity index (χ1n) is 11.3. The summed E-state index contributed by atoms with van der Waals surface area (Å²) in [6.07, 6.45) is -0.0764. The van der Waals surface area contributed by atoms with Gasteiger partial charge >= 0.3 is 11.9 Å². The number of hydrogen-bond donors (Lipinski definition) is 8. The van der Waals surface area contributed by atoms with Gasteiger partial charge in [-0.15, -0.1) is 0 Å². The van der Waals surface area contributed by atoms with E-state index in [-0.39, 0.29) is 19.3 Å². The predicted octanol–water partition coefficient (Wildman–Crippen LogP) is -1.73. The third kappa shape index (κ3) is 11.4. The second-order valence-corrected chi connectivity index (χ2v) is 8.32. The van der Waals surface area contributed by atoms with E-state index in [0.29, 0.717) is 25.8 Å². The Morgan fingerprint density at radius 3 is 1.91 bits per heavy atom. The molecule has 0 aromatic carbocycles. The molecular formula is C21H39N5O8. The average Bonchev–Trinajstić information content (AvgIpc) is 2.77. The molecule has 0 spiro atoms. The number of carbonyl (C=O) groups is 5. The van der Waals surface area contributed by atoms with Gasteiger partial charge < -0.3 is 42.7 Å². The van der Waals surface area contributed by atoms with Crippen LogP contribution < -0.4 is 27.4 Å². The van der Waals surface area contributed by atoms with E-state index in [0.717, 1.165) is 0 Å². The molecule has 13 heteroatoms. The molecule has 0 saturated heterocycles. The summed E-state index contributed by atoms with van der Waals surface area (Å²) in [5, 5.41) is 34.9. The summed E-state index contributed by atoms with van der Waals surface area (Å²) in [5.41, 5.74) is 11.2. The average molecular weight is 490 g/mol. The van der Waals surface area contributed by atoms with Crippen LogP contribution in [-0.2, 0) is 24.0 Å².